The van der Waals surface area contributed by atoms with Crippen LogP contribution in [-0.4, -0.2) is 31.0 Å². The highest BCUT2D eigenvalue weighted by Crippen LogP contribution is 2.27. The van der Waals surface area contributed by atoms with E-state index >= 15 is 0 Å². The molecule has 0 aliphatic carbocycles. The van der Waals surface area contributed by atoms with E-state index < -0.39 is 0 Å². The first-order valence-corrected chi connectivity index (χ1v) is 6.55. The summed E-state index contributed by atoms with van der Waals surface area (Å²) in [6.45, 7) is 0. The van der Waals surface area contributed by atoms with Gasteiger partial charge in [0.05, 0.1) is 32.2 Å². The van der Waals surface area contributed by atoms with Gasteiger partial charge in [0, 0.05) is 7.05 Å². The van der Waals surface area contributed by atoms with E-state index in [-0.39, 0.29) is 6.04 Å². The van der Waals surface area contributed by atoms with E-state index in [1.165, 1.54) is 5.56 Å². The Labute approximate surface area is 119 Å². The Bertz CT molecular complexity index is 549. The van der Waals surface area contributed by atoms with Crippen LogP contribution in [0.25, 0.3) is 0 Å². The molecule has 0 radical (unpaired) electrons. The minimum atomic E-state index is 0.144. The summed E-state index contributed by atoms with van der Waals surface area (Å²) >= 11 is 0. The second-order valence-electron chi connectivity index (χ2n) is 4.62. The van der Waals surface area contributed by atoms with Gasteiger partial charge < -0.3 is 14.8 Å². The second kappa shape index (κ2) is 6.43. The zero-order chi connectivity index (χ0) is 14.5. The maximum Gasteiger partial charge on any atom is 0.161 e. The third-order valence-electron chi connectivity index (χ3n) is 3.45. The Morgan fingerprint density at radius 3 is 2.45 bits per heavy atom. The average molecular weight is 275 g/mol. The van der Waals surface area contributed by atoms with Crippen LogP contribution in [-0.2, 0) is 13.5 Å². The standard InChI is InChI=1S/C15H21N3O2/c1-16-13(15-14(20-4)10-17-18(15)2)9-11-5-7-12(19-3)8-6-11/h5-8,10,13,16H,9H2,1-4H3. The molecular formula is C15H21N3O2. The molecule has 0 spiro atoms. The van der Waals surface area contributed by atoms with Gasteiger partial charge in [0.25, 0.3) is 0 Å². The van der Waals surface area contributed by atoms with Gasteiger partial charge in [-0.15, -0.1) is 0 Å². The lowest BCUT2D eigenvalue weighted by Crippen LogP contribution is -2.22. The van der Waals surface area contributed by atoms with Gasteiger partial charge in [0.15, 0.2) is 5.75 Å². The van der Waals surface area contributed by atoms with E-state index in [0.29, 0.717) is 0 Å². The molecule has 5 nitrogen and oxygen atoms in total. The van der Waals surface area contributed by atoms with E-state index in [9.17, 15) is 0 Å². The Kier molecular flexibility index (Phi) is 4.63. The highest BCUT2D eigenvalue weighted by atomic mass is 16.5. The molecular weight excluding hydrogens is 254 g/mol. The van der Waals surface area contributed by atoms with Gasteiger partial charge in [0.2, 0.25) is 0 Å². The van der Waals surface area contributed by atoms with Crippen LogP contribution in [0.5, 0.6) is 11.5 Å². The molecule has 108 valence electrons. The molecule has 2 aromatic rings. The van der Waals surface area contributed by atoms with Crippen LogP contribution in [0.1, 0.15) is 17.3 Å². The largest absolute Gasteiger partial charge is 0.497 e. The van der Waals surface area contributed by atoms with E-state index in [0.717, 1.165) is 23.6 Å². The van der Waals surface area contributed by atoms with E-state index in [1.807, 2.05) is 30.9 Å². The highest BCUT2D eigenvalue weighted by molar-refractivity contribution is 5.32. The Hall–Kier alpha value is -2.01. The first-order valence-electron chi connectivity index (χ1n) is 6.55. The summed E-state index contributed by atoms with van der Waals surface area (Å²) in [5.74, 6) is 1.67. The van der Waals surface area contributed by atoms with Crippen LogP contribution >= 0.6 is 0 Å². The van der Waals surface area contributed by atoms with Gasteiger partial charge in [-0.2, -0.15) is 5.10 Å². The van der Waals surface area contributed by atoms with Crippen molar-refractivity contribution in [1.82, 2.24) is 15.1 Å². The molecule has 2 rings (SSSR count). The van der Waals surface area contributed by atoms with Gasteiger partial charge in [-0.05, 0) is 31.2 Å². The van der Waals surface area contributed by atoms with Crippen LogP contribution in [0.4, 0.5) is 0 Å². The maximum absolute atomic E-state index is 5.38. The molecule has 0 aliphatic rings. The van der Waals surface area contributed by atoms with Gasteiger partial charge in [-0.25, -0.2) is 0 Å². The van der Waals surface area contributed by atoms with E-state index in [2.05, 4.69) is 22.5 Å². The Balaban J connectivity index is 2.21. The summed E-state index contributed by atoms with van der Waals surface area (Å²) < 4.78 is 12.4. The van der Waals surface area contributed by atoms with Gasteiger partial charge >= 0.3 is 0 Å². The van der Waals surface area contributed by atoms with Crippen molar-refractivity contribution >= 4 is 0 Å². The zero-order valence-corrected chi connectivity index (χ0v) is 12.4. The lowest BCUT2D eigenvalue weighted by atomic mass is 10.0. The lowest BCUT2D eigenvalue weighted by molar-refractivity contribution is 0.396. The third-order valence-corrected chi connectivity index (χ3v) is 3.45. The summed E-state index contributed by atoms with van der Waals surface area (Å²) in [5.41, 5.74) is 2.28. The second-order valence-corrected chi connectivity index (χ2v) is 4.62. The first-order chi connectivity index (χ1) is 9.69. The minimum Gasteiger partial charge on any atom is -0.497 e. The number of ether oxygens (including phenoxy) is 2. The molecule has 0 bridgehead atoms. The normalized spacial score (nSPS) is 12.2. The molecule has 1 N–H and O–H groups in total. The van der Waals surface area contributed by atoms with Crippen LogP contribution < -0.4 is 14.8 Å². The molecule has 0 saturated heterocycles. The van der Waals surface area contributed by atoms with Crippen molar-refractivity contribution in [1.29, 1.82) is 0 Å². The fraction of sp³-hybridized carbons (Fsp3) is 0.400. The molecule has 5 heteroatoms. The third kappa shape index (κ3) is 2.93. The number of aromatic nitrogens is 2. The van der Waals surface area contributed by atoms with E-state index in [4.69, 9.17) is 9.47 Å². The molecule has 1 heterocycles. The first kappa shape index (κ1) is 14.4. The molecule has 20 heavy (non-hydrogen) atoms. The fourth-order valence-corrected chi connectivity index (χ4v) is 2.31. The number of nitrogens with one attached hydrogen (secondary N) is 1. The SMILES string of the molecule is CNC(Cc1ccc(OC)cc1)c1c(OC)cnn1C. The number of rotatable bonds is 6. The number of aryl methyl sites for hydroxylation is 1. The Morgan fingerprint density at radius 1 is 1.20 bits per heavy atom. The topological polar surface area (TPSA) is 48.3 Å². The number of hydrogen-bond donors (Lipinski definition) is 1. The molecule has 1 aromatic carbocycles. The highest BCUT2D eigenvalue weighted by Gasteiger charge is 2.19. The predicted molar refractivity (Wildman–Crippen MR) is 78.3 cm³/mol. The van der Waals surface area contributed by atoms with Crippen molar-refractivity contribution in [3.8, 4) is 11.5 Å². The summed E-state index contributed by atoms with van der Waals surface area (Å²) in [5, 5.41) is 7.58. The monoisotopic (exact) mass is 275 g/mol. The number of nitrogens with zero attached hydrogens (tertiary/aromatic N) is 2. The van der Waals surface area contributed by atoms with Crippen molar-refractivity contribution in [2.75, 3.05) is 21.3 Å². The Morgan fingerprint density at radius 2 is 1.90 bits per heavy atom. The zero-order valence-electron chi connectivity index (χ0n) is 12.4. The number of benzene rings is 1. The molecule has 0 amide bonds. The van der Waals surface area contributed by atoms with Crippen molar-refractivity contribution in [2.24, 2.45) is 7.05 Å². The number of hydrogen-bond acceptors (Lipinski definition) is 4. The summed E-state index contributed by atoms with van der Waals surface area (Å²) in [6.07, 6.45) is 2.60. The van der Waals surface area contributed by atoms with Crippen LogP contribution in [0.2, 0.25) is 0 Å². The van der Waals surface area contributed by atoms with Gasteiger partial charge in [0.1, 0.15) is 5.75 Å². The molecule has 0 saturated carbocycles. The number of likely N-dealkylation sites (N-methyl/N-ethyl adjacent to an activating group) is 1. The van der Waals surface area contributed by atoms with E-state index in [1.54, 1.807) is 20.4 Å². The molecule has 1 aromatic heterocycles. The fourth-order valence-electron chi connectivity index (χ4n) is 2.31. The average Bonchev–Trinajstić information content (AvgIpc) is 2.86. The summed E-state index contributed by atoms with van der Waals surface area (Å²) in [7, 11) is 7.21. The van der Waals surface area contributed by atoms with Crippen molar-refractivity contribution in [2.45, 2.75) is 12.5 Å². The number of methoxy groups -OCH3 is 2. The molecule has 1 atom stereocenters. The molecule has 1 unspecified atom stereocenters. The molecule has 0 fully saturated rings. The van der Waals surface area contributed by atoms with Crippen molar-refractivity contribution in [3.63, 3.8) is 0 Å². The predicted octanol–water partition coefficient (Wildman–Crippen LogP) is 1.94. The van der Waals surface area contributed by atoms with Gasteiger partial charge in [-0.3, -0.25) is 4.68 Å². The van der Waals surface area contributed by atoms with Crippen molar-refractivity contribution in [3.05, 3.63) is 41.7 Å². The summed E-state index contributed by atoms with van der Waals surface area (Å²) in [4.78, 5) is 0. The smallest absolute Gasteiger partial charge is 0.161 e. The molecule has 0 aliphatic heterocycles. The van der Waals surface area contributed by atoms with Crippen LogP contribution in [0.15, 0.2) is 30.5 Å². The summed E-state index contributed by atoms with van der Waals surface area (Å²) in [6, 6.07) is 8.24. The van der Waals surface area contributed by atoms with Crippen molar-refractivity contribution < 1.29 is 9.47 Å². The van der Waals surface area contributed by atoms with Gasteiger partial charge in [-0.1, -0.05) is 12.1 Å². The lowest BCUT2D eigenvalue weighted by Gasteiger charge is -2.18. The minimum absolute atomic E-state index is 0.144. The quantitative estimate of drug-likeness (QED) is 0.875. The van der Waals surface area contributed by atoms with Crippen LogP contribution in [0, 0.1) is 0 Å². The van der Waals surface area contributed by atoms with Crippen LogP contribution in [0.3, 0.4) is 0 Å². The maximum atomic E-state index is 5.38.